The molecule has 1 saturated heterocycles. The van der Waals surface area contributed by atoms with Crippen LogP contribution in [0.25, 0.3) is 5.32 Å². The molecular weight excluding hydrogens is 451 g/mol. The number of rotatable bonds is 3. The Bertz CT molecular complexity index is 557. The van der Waals surface area contributed by atoms with Crippen molar-refractivity contribution in [3.05, 3.63) is 36.5 Å². The van der Waals surface area contributed by atoms with Gasteiger partial charge in [-0.1, -0.05) is 63.1 Å². The molecule has 0 amide bonds. The quantitative estimate of drug-likeness (QED) is 0.297. The van der Waals surface area contributed by atoms with Crippen molar-refractivity contribution in [1.29, 1.82) is 0 Å². The van der Waals surface area contributed by atoms with Gasteiger partial charge in [-0.25, -0.2) is 0 Å². The van der Waals surface area contributed by atoms with Crippen LogP contribution in [-0.4, -0.2) is 39.0 Å². The van der Waals surface area contributed by atoms with Gasteiger partial charge in [0.2, 0.25) is 0 Å². The van der Waals surface area contributed by atoms with E-state index in [-0.39, 0.29) is 7.43 Å². The van der Waals surface area contributed by atoms with E-state index in [4.69, 9.17) is 18.6 Å². The number of allylic oxidation sites excluding steroid dienone is 4. The normalized spacial score (nSPS) is 33.1. The summed E-state index contributed by atoms with van der Waals surface area (Å²) in [5.74, 6) is 3.45. The van der Waals surface area contributed by atoms with Crippen LogP contribution in [0.2, 0.25) is 18.6 Å². The number of piperazine rings is 1. The van der Waals surface area contributed by atoms with Crippen LogP contribution in [0.3, 0.4) is 0 Å². The predicted octanol–water partition coefficient (Wildman–Crippen LogP) is 7.43. The monoisotopic (exact) mass is 490 g/mol. The van der Waals surface area contributed by atoms with Gasteiger partial charge in [0.1, 0.15) is 8.24 Å². The first-order valence-corrected chi connectivity index (χ1v) is 18.6. The molecule has 3 fully saturated rings. The standard InChI is InChI=1S/C22H37N2Si.CH3.2ClH.Ti/c1-17-16-21-19(18-8-5-4-6-9-18)10-7-11-20(21)22(17)25(2,3)24-14-12-23-13-15-24;;;;/h7,10-11,17-18,20-22H,4-6,8-9,12-16H2,1-3H3;1H3;2*1H;/q2*-1;;;+2/p-2. The second-order valence-corrected chi connectivity index (χ2v) is 16.9. The molecule has 4 aliphatic rings. The molecule has 0 bridgehead atoms. The van der Waals surface area contributed by atoms with E-state index in [1.807, 2.05) is 5.57 Å². The second-order valence-electron chi connectivity index (χ2n) is 9.69. The number of halogens is 2. The Labute approximate surface area is 198 Å². The summed E-state index contributed by atoms with van der Waals surface area (Å²) in [6, 6.07) is 0. The molecule has 6 heteroatoms. The fourth-order valence-electron chi connectivity index (χ4n) is 6.80. The summed E-state index contributed by atoms with van der Waals surface area (Å²) in [6.45, 7) is 12.5. The molecule has 1 aliphatic heterocycles. The Hall–Kier alpha value is 0.911. The summed E-state index contributed by atoms with van der Waals surface area (Å²) >= 11 is -0.556. The summed E-state index contributed by atoms with van der Waals surface area (Å²) in [4.78, 5) is 0. The molecule has 1 heterocycles. The van der Waals surface area contributed by atoms with E-state index in [9.17, 15) is 0 Å². The van der Waals surface area contributed by atoms with E-state index in [2.05, 4.69) is 48.1 Å². The van der Waals surface area contributed by atoms with E-state index in [1.54, 1.807) is 0 Å². The zero-order chi connectivity index (χ0) is 20.1. The number of hydrogen-bond donors (Lipinski definition) is 0. The molecule has 0 N–H and O–H groups in total. The summed E-state index contributed by atoms with van der Waals surface area (Å²) in [5.41, 5.74) is 2.76. The molecule has 0 radical (unpaired) electrons. The molecular formula is C23H40Cl2N2SiTi-2. The van der Waals surface area contributed by atoms with Gasteiger partial charge in [-0.05, 0) is 61.6 Å². The van der Waals surface area contributed by atoms with E-state index in [0.717, 1.165) is 42.3 Å². The SMILES string of the molecule is CC1CC2C(C3CCCCC3)=CC=CC2C1[Si](C)(C)N1CC[N-]CC1.[CH3-].[Cl][Ti][Cl]. The van der Waals surface area contributed by atoms with Gasteiger partial charge in [0.25, 0.3) is 0 Å². The molecule has 0 spiro atoms. The maximum atomic E-state index is 4.89. The van der Waals surface area contributed by atoms with Crippen molar-refractivity contribution in [2.24, 2.45) is 23.7 Å². The van der Waals surface area contributed by atoms with Gasteiger partial charge in [0.15, 0.2) is 0 Å². The van der Waals surface area contributed by atoms with Gasteiger partial charge in [-0.3, -0.25) is 0 Å². The van der Waals surface area contributed by atoms with Crippen molar-refractivity contribution in [3.63, 3.8) is 0 Å². The Morgan fingerprint density at radius 3 is 2.34 bits per heavy atom. The summed E-state index contributed by atoms with van der Waals surface area (Å²) in [6.07, 6.45) is 16.3. The van der Waals surface area contributed by atoms with Crippen LogP contribution >= 0.6 is 18.6 Å². The van der Waals surface area contributed by atoms with E-state index >= 15 is 0 Å². The van der Waals surface area contributed by atoms with Crippen molar-refractivity contribution in [2.45, 2.75) is 64.1 Å². The first kappa shape index (κ1) is 26.2. The van der Waals surface area contributed by atoms with E-state index in [0.29, 0.717) is 0 Å². The van der Waals surface area contributed by atoms with Crippen molar-refractivity contribution < 1.29 is 17.0 Å². The third-order valence-corrected chi connectivity index (χ3v) is 12.6. The molecule has 0 aromatic rings. The summed E-state index contributed by atoms with van der Waals surface area (Å²) < 4.78 is 2.88. The number of hydrogen-bond acceptors (Lipinski definition) is 1. The molecule has 2 saturated carbocycles. The Kier molecular flexibility index (Phi) is 11.0. The molecule has 166 valence electrons. The summed E-state index contributed by atoms with van der Waals surface area (Å²) in [7, 11) is 8.35. The molecule has 0 aromatic heterocycles. The third-order valence-electron chi connectivity index (χ3n) is 7.93. The van der Waals surface area contributed by atoms with Crippen molar-refractivity contribution >= 4 is 26.8 Å². The molecule has 4 atom stereocenters. The fraction of sp³-hybridized carbons (Fsp3) is 0.783. The third kappa shape index (κ3) is 6.03. The minimum absolute atomic E-state index is 0. The van der Waals surface area contributed by atoms with E-state index < -0.39 is 25.3 Å². The zero-order valence-electron chi connectivity index (χ0n) is 18.8. The average Bonchev–Trinajstić information content (AvgIpc) is 3.06. The summed E-state index contributed by atoms with van der Waals surface area (Å²) in [5, 5.41) is 4.60. The van der Waals surface area contributed by atoms with Gasteiger partial charge in [-0.2, -0.15) is 0 Å². The number of nitrogens with zero attached hydrogens (tertiary/aromatic N) is 2. The zero-order valence-corrected chi connectivity index (χ0v) is 22.9. The van der Waals surface area contributed by atoms with Crippen LogP contribution in [0.15, 0.2) is 23.8 Å². The van der Waals surface area contributed by atoms with Gasteiger partial charge in [0.05, 0.1) is 0 Å². The van der Waals surface area contributed by atoms with Crippen LogP contribution in [0.4, 0.5) is 0 Å². The molecule has 4 unspecified atom stereocenters. The number of fused-ring (bicyclic) bond motifs is 1. The molecule has 2 nitrogen and oxygen atoms in total. The average molecular weight is 491 g/mol. The van der Waals surface area contributed by atoms with Crippen molar-refractivity contribution in [3.8, 4) is 0 Å². The van der Waals surface area contributed by atoms with Crippen LogP contribution in [-0.2, 0) is 17.0 Å². The van der Waals surface area contributed by atoms with Gasteiger partial charge in [-0.15, -0.1) is 13.1 Å². The first-order valence-electron chi connectivity index (χ1n) is 11.2. The molecule has 3 aliphatic carbocycles. The first-order chi connectivity index (χ1) is 13.5. The Morgan fingerprint density at radius 2 is 1.72 bits per heavy atom. The molecule has 0 aromatic carbocycles. The van der Waals surface area contributed by atoms with Crippen LogP contribution in [0.5, 0.6) is 0 Å². The second kappa shape index (κ2) is 12.2. The van der Waals surface area contributed by atoms with Crippen LogP contribution in [0, 0.1) is 31.1 Å². The fourth-order valence-corrected chi connectivity index (χ4v) is 11.4. The van der Waals surface area contributed by atoms with Gasteiger partial charge in [0, 0.05) is 0 Å². The molecule has 29 heavy (non-hydrogen) atoms. The molecule has 4 rings (SSSR count). The van der Waals surface area contributed by atoms with Crippen LogP contribution < -0.4 is 0 Å². The Balaban J connectivity index is 0.000000708. The van der Waals surface area contributed by atoms with Gasteiger partial charge >= 0.3 is 35.6 Å². The van der Waals surface area contributed by atoms with Crippen LogP contribution in [0.1, 0.15) is 45.4 Å². The minimum atomic E-state index is -1.42. The van der Waals surface area contributed by atoms with Crippen molar-refractivity contribution in [2.75, 3.05) is 26.2 Å². The maximum absolute atomic E-state index is 4.89. The van der Waals surface area contributed by atoms with E-state index in [1.165, 1.54) is 51.6 Å². The van der Waals surface area contributed by atoms with Crippen molar-refractivity contribution in [1.82, 2.24) is 4.57 Å². The topological polar surface area (TPSA) is 17.3 Å². The predicted molar refractivity (Wildman–Crippen MR) is 129 cm³/mol. The Morgan fingerprint density at radius 1 is 1.10 bits per heavy atom. The van der Waals surface area contributed by atoms with Gasteiger partial charge < -0.3 is 17.3 Å².